The Balaban J connectivity index is 2.31. The lowest BCUT2D eigenvalue weighted by Crippen LogP contribution is -2.21. The molecule has 1 aromatic rings. The molecule has 0 amide bonds. The maximum Gasteiger partial charge on any atom is 0.270 e. The second kappa shape index (κ2) is 4.23. The van der Waals surface area contributed by atoms with E-state index in [0.717, 1.165) is 30.6 Å². The molecule has 1 N–H and O–H groups in total. The summed E-state index contributed by atoms with van der Waals surface area (Å²) in [5.41, 5.74) is 2.24. The van der Waals surface area contributed by atoms with Gasteiger partial charge in [-0.1, -0.05) is 18.2 Å². The molecule has 0 spiro atoms. The number of nitrogens with zero attached hydrogens (tertiary/aromatic N) is 1. The van der Waals surface area contributed by atoms with Crippen molar-refractivity contribution in [3.05, 3.63) is 46.0 Å². The van der Waals surface area contributed by atoms with E-state index in [2.05, 4.69) is 11.4 Å². The molecular formula is C11H12N2O2. The number of non-ortho nitro benzene ring substituents is 1. The van der Waals surface area contributed by atoms with Crippen molar-refractivity contribution in [2.24, 2.45) is 0 Å². The van der Waals surface area contributed by atoms with Gasteiger partial charge in [-0.3, -0.25) is 10.1 Å². The van der Waals surface area contributed by atoms with Crippen LogP contribution in [0.15, 0.2) is 30.3 Å². The predicted octanol–water partition coefficient (Wildman–Crippen LogP) is 1.97. The van der Waals surface area contributed by atoms with Gasteiger partial charge in [0.25, 0.3) is 5.69 Å². The van der Waals surface area contributed by atoms with Crippen molar-refractivity contribution in [1.29, 1.82) is 0 Å². The first-order chi connectivity index (χ1) is 7.27. The molecule has 15 heavy (non-hydrogen) atoms. The predicted molar refractivity (Wildman–Crippen MR) is 58.6 cm³/mol. The van der Waals surface area contributed by atoms with Crippen LogP contribution in [0, 0.1) is 10.1 Å². The first-order valence-electron chi connectivity index (χ1n) is 4.92. The zero-order chi connectivity index (χ0) is 10.7. The van der Waals surface area contributed by atoms with Crippen LogP contribution >= 0.6 is 0 Å². The molecule has 1 aliphatic heterocycles. The summed E-state index contributed by atoms with van der Waals surface area (Å²) in [6, 6.07) is 6.77. The number of rotatable bonds is 2. The molecule has 78 valence electrons. The van der Waals surface area contributed by atoms with E-state index in [9.17, 15) is 10.1 Å². The summed E-state index contributed by atoms with van der Waals surface area (Å²) >= 11 is 0. The van der Waals surface area contributed by atoms with E-state index in [1.807, 2.05) is 6.07 Å². The van der Waals surface area contributed by atoms with Crippen molar-refractivity contribution in [3.8, 4) is 0 Å². The average molecular weight is 204 g/mol. The summed E-state index contributed by atoms with van der Waals surface area (Å²) in [5.74, 6) is 0. The molecule has 0 unspecified atom stereocenters. The summed E-state index contributed by atoms with van der Waals surface area (Å²) in [7, 11) is 0. The van der Waals surface area contributed by atoms with Crippen molar-refractivity contribution >= 4 is 11.3 Å². The Kier molecular flexibility index (Phi) is 2.78. The fourth-order valence-electron chi connectivity index (χ4n) is 1.68. The van der Waals surface area contributed by atoms with Crippen LogP contribution in [0.1, 0.15) is 12.0 Å². The number of nitrogens with one attached hydrogen (secondary N) is 1. The Morgan fingerprint density at radius 1 is 1.40 bits per heavy atom. The monoisotopic (exact) mass is 204 g/mol. The van der Waals surface area contributed by atoms with E-state index >= 15 is 0 Å². The topological polar surface area (TPSA) is 55.2 Å². The molecular weight excluding hydrogens is 192 g/mol. The number of nitro groups is 1. The van der Waals surface area contributed by atoms with Gasteiger partial charge in [0.2, 0.25) is 0 Å². The number of hydrogen-bond donors (Lipinski definition) is 1. The number of benzene rings is 1. The molecule has 4 nitrogen and oxygen atoms in total. The summed E-state index contributed by atoms with van der Waals surface area (Å²) in [6.45, 7) is 1.78. The Morgan fingerprint density at radius 3 is 2.93 bits per heavy atom. The maximum absolute atomic E-state index is 10.6. The Hall–Kier alpha value is -1.68. The van der Waals surface area contributed by atoms with Gasteiger partial charge in [-0.2, -0.15) is 0 Å². The van der Waals surface area contributed by atoms with Gasteiger partial charge in [0, 0.05) is 18.7 Å². The lowest BCUT2D eigenvalue weighted by Gasteiger charge is -2.13. The third-order valence-electron chi connectivity index (χ3n) is 2.46. The van der Waals surface area contributed by atoms with Crippen molar-refractivity contribution in [2.45, 2.75) is 6.42 Å². The Morgan fingerprint density at radius 2 is 2.27 bits per heavy atom. The lowest BCUT2D eigenvalue weighted by atomic mass is 10.0. The molecule has 0 bridgehead atoms. The molecule has 1 heterocycles. The lowest BCUT2D eigenvalue weighted by molar-refractivity contribution is -0.384. The van der Waals surface area contributed by atoms with Crippen molar-refractivity contribution in [2.75, 3.05) is 13.1 Å². The fourth-order valence-corrected chi connectivity index (χ4v) is 1.68. The van der Waals surface area contributed by atoms with E-state index in [-0.39, 0.29) is 10.6 Å². The first-order valence-corrected chi connectivity index (χ1v) is 4.92. The van der Waals surface area contributed by atoms with Crippen molar-refractivity contribution in [3.63, 3.8) is 0 Å². The van der Waals surface area contributed by atoms with Crippen LogP contribution in [0.4, 0.5) is 5.69 Å². The van der Waals surface area contributed by atoms with Gasteiger partial charge in [0.1, 0.15) is 0 Å². The largest absolute Gasteiger partial charge is 0.312 e. The third-order valence-corrected chi connectivity index (χ3v) is 2.46. The maximum atomic E-state index is 10.6. The minimum Gasteiger partial charge on any atom is -0.312 e. The first kappa shape index (κ1) is 9.86. The van der Waals surface area contributed by atoms with Gasteiger partial charge in [-0.15, -0.1) is 0 Å². The molecule has 4 heteroatoms. The highest BCUT2D eigenvalue weighted by Crippen LogP contribution is 2.21. The van der Waals surface area contributed by atoms with Gasteiger partial charge in [0.05, 0.1) is 4.92 Å². The van der Waals surface area contributed by atoms with Crippen LogP contribution < -0.4 is 5.32 Å². The van der Waals surface area contributed by atoms with Crippen LogP contribution in [0.25, 0.3) is 5.57 Å². The van der Waals surface area contributed by atoms with Crippen LogP contribution in [0.2, 0.25) is 0 Å². The SMILES string of the molecule is O=[N+]([O-])c1cccc(C2=CCCNC2)c1. The highest BCUT2D eigenvalue weighted by Gasteiger charge is 2.10. The quantitative estimate of drug-likeness (QED) is 0.592. The standard InChI is InChI=1S/C11H12N2O2/c14-13(15)11-5-1-3-9(7-11)10-4-2-6-12-8-10/h1,3-5,7,12H,2,6,8H2. The smallest absolute Gasteiger partial charge is 0.270 e. The second-order valence-corrected chi connectivity index (χ2v) is 3.50. The molecule has 0 aromatic heterocycles. The average Bonchev–Trinajstić information content (AvgIpc) is 2.30. The van der Waals surface area contributed by atoms with Crippen LogP contribution in [-0.2, 0) is 0 Å². The van der Waals surface area contributed by atoms with E-state index in [1.165, 1.54) is 6.07 Å². The van der Waals surface area contributed by atoms with E-state index in [1.54, 1.807) is 12.1 Å². The van der Waals surface area contributed by atoms with Gasteiger partial charge >= 0.3 is 0 Å². The molecule has 0 saturated carbocycles. The molecule has 1 aromatic carbocycles. The fraction of sp³-hybridized carbons (Fsp3) is 0.273. The van der Waals surface area contributed by atoms with E-state index in [0.29, 0.717) is 0 Å². The minimum atomic E-state index is -0.361. The van der Waals surface area contributed by atoms with Crippen LogP contribution in [0.3, 0.4) is 0 Å². The highest BCUT2D eigenvalue weighted by atomic mass is 16.6. The summed E-state index contributed by atoms with van der Waals surface area (Å²) in [4.78, 5) is 10.2. The number of hydrogen-bond acceptors (Lipinski definition) is 3. The summed E-state index contributed by atoms with van der Waals surface area (Å²) in [5, 5.41) is 13.9. The summed E-state index contributed by atoms with van der Waals surface area (Å²) < 4.78 is 0. The zero-order valence-corrected chi connectivity index (χ0v) is 8.27. The van der Waals surface area contributed by atoms with E-state index in [4.69, 9.17) is 0 Å². The van der Waals surface area contributed by atoms with E-state index < -0.39 is 0 Å². The van der Waals surface area contributed by atoms with Gasteiger partial charge in [-0.05, 0) is 24.1 Å². The molecule has 0 atom stereocenters. The normalized spacial score (nSPS) is 15.9. The molecule has 1 aliphatic rings. The number of nitro benzene ring substituents is 1. The molecule has 0 fully saturated rings. The Labute approximate surface area is 87.8 Å². The molecule has 2 rings (SSSR count). The molecule has 0 radical (unpaired) electrons. The molecule has 0 saturated heterocycles. The van der Waals surface area contributed by atoms with Crippen LogP contribution in [0.5, 0.6) is 0 Å². The second-order valence-electron chi connectivity index (χ2n) is 3.50. The highest BCUT2D eigenvalue weighted by molar-refractivity contribution is 5.69. The van der Waals surface area contributed by atoms with Crippen molar-refractivity contribution in [1.82, 2.24) is 5.32 Å². The summed E-state index contributed by atoms with van der Waals surface area (Å²) in [6.07, 6.45) is 3.12. The minimum absolute atomic E-state index is 0.152. The van der Waals surface area contributed by atoms with Gasteiger partial charge in [0.15, 0.2) is 0 Å². The van der Waals surface area contributed by atoms with Crippen molar-refractivity contribution < 1.29 is 4.92 Å². The third kappa shape index (κ3) is 2.22. The molecule has 0 aliphatic carbocycles. The van der Waals surface area contributed by atoms with Gasteiger partial charge in [-0.25, -0.2) is 0 Å². The zero-order valence-electron chi connectivity index (χ0n) is 8.27. The van der Waals surface area contributed by atoms with Gasteiger partial charge < -0.3 is 5.32 Å². The Bertz CT molecular complexity index is 413. The van der Waals surface area contributed by atoms with Crippen LogP contribution in [-0.4, -0.2) is 18.0 Å².